The van der Waals surface area contributed by atoms with Crippen LogP contribution in [0.2, 0.25) is 5.02 Å². The minimum Gasteiger partial charge on any atom is -0.383 e. The fraction of sp³-hybridized carbons (Fsp3) is 0.455. The molecule has 0 bridgehead atoms. The van der Waals surface area contributed by atoms with Crippen molar-refractivity contribution in [1.29, 1.82) is 0 Å². The summed E-state index contributed by atoms with van der Waals surface area (Å²) in [6.45, 7) is 2.47. The molecule has 0 aromatic heterocycles. The smallest absolute Gasteiger partial charge is 0.0642 e. The molecule has 2 N–H and O–H groups in total. The van der Waals surface area contributed by atoms with Gasteiger partial charge in [-0.15, -0.1) is 0 Å². The summed E-state index contributed by atoms with van der Waals surface area (Å²) < 4.78 is 6.04. The van der Waals surface area contributed by atoms with E-state index in [4.69, 9.17) is 22.1 Å². The molecule has 0 fully saturated rings. The molecule has 0 saturated heterocycles. The van der Waals surface area contributed by atoms with Gasteiger partial charge >= 0.3 is 0 Å². The highest BCUT2D eigenvalue weighted by Gasteiger charge is 2.20. The number of benzene rings is 1. The van der Waals surface area contributed by atoms with Gasteiger partial charge in [-0.1, -0.05) is 33.6 Å². The Kier molecular flexibility index (Phi) is 4.59. The Hall–Kier alpha value is -0.0900. The van der Waals surface area contributed by atoms with E-state index in [2.05, 4.69) is 15.9 Å². The van der Waals surface area contributed by atoms with Crippen LogP contribution >= 0.6 is 27.5 Å². The lowest BCUT2D eigenvalue weighted by molar-refractivity contribution is 0.141. The molecule has 0 spiro atoms. The Balaban J connectivity index is 2.80. The third kappa shape index (κ3) is 4.11. The fourth-order valence-corrected chi connectivity index (χ4v) is 2.22. The van der Waals surface area contributed by atoms with Crippen molar-refractivity contribution in [2.45, 2.75) is 18.9 Å². The molecular formula is C11H15BrClNO. The normalized spacial score (nSPS) is 15.0. The van der Waals surface area contributed by atoms with Crippen molar-refractivity contribution in [3.05, 3.63) is 33.3 Å². The summed E-state index contributed by atoms with van der Waals surface area (Å²) in [7, 11) is 1.65. The highest BCUT2D eigenvalue weighted by atomic mass is 79.9. The molecule has 1 aromatic carbocycles. The number of methoxy groups -OCH3 is 1. The van der Waals surface area contributed by atoms with E-state index in [-0.39, 0.29) is 5.54 Å². The van der Waals surface area contributed by atoms with E-state index in [1.165, 1.54) is 0 Å². The third-order valence-corrected chi connectivity index (χ3v) is 2.93. The SMILES string of the molecule is COCC(C)(N)Cc1ccc(Br)cc1Cl. The summed E-state index contributed by atoms with van der Waals surface area (Å²) in [5.74, 6) is 0. The molecule has 0 amide bonds. The number of halogens is 2. The predicted molar refractivity (Wildman–Crippen MR) is 67.3 cm³/mol. The zero-order valence-electron chi connectivity index (χ0n) is 8.89. The molecule has 1 unspecified atom stereocenters. The van der Waals surface area contributed by atoms with Crippen LogP contribution in [0.3, 0.4) is 0 Å². The minimum absolute atomic E-state index is 0.383. The Morgan fingerprint density at radius 1 is 1.53 bits per heavy atom. The van der Waals surface area contributed by atoms with Crippen LogP contribution in [0, 0.1) is 0 Å². The first-order valence-corrected chi connectivity index (χ1v) is 5.83. The first-order valence-electron chi connectivity index (χ1n) is 4.66. The second-order valence-corrected chi connectivity index (χ2v) is 5.32. The number of hydrogen-bond donors (Lipinski definition) is 1. The van der Waals surface area contributed by atoms with Crippen molar-refractivity contribution in [3.63, 3.8) is 0 Å². The van der Waals surface area contributed by atoms with Gasteiger partial charge < -0.3 is 10.5 Å². The summed E-state index contributed by atoms with van der Waals surface area (Å²) in [5.41, 5.74) is 6.73. The Morgan fingerprint density at radius 2 is 2.20 bits per heavy atom. The van der Waals surface area contributed by atoms with Gasteiger partial charge in [0.15, 0.2) is 0 Å². The molecule has 2 nitrogen and oxygen atoms in total. The second-order valence-electron chi connectivity index (χ2n) is 4.00. The average molecular weight is 293 g/mol. The van der Waals surface area contributed by atoms with Crippen molar-refractivity contribution < 1.29 is 4.74 Å². The van der Waals surface area contributed by atoms with Crippen molar-refractivity contribution in [3.8, 4) is 0 Å². The average Bonchev–Trinajstić information content (AvgIpc) is 2.09. The van der Waals surface area contributed by atoms with Gasteiger partial charge in [0, 0.05) is 22.1 Å². The maximum Gasteiger partial charge on any atom is 0.0642 e. The molecule has 84 valence electrons. The summed E-state index contributed by atoms with van der Waals surface area (Å²) in [4.78, 5) is 0. The lowest BCUT2D eigenvalue weighted by atomic mass is 9.95. The van der Waals surface area contributed by atoms with Crippen LogP contribution < -0.4 is 5.73 Å². The van der Waals surface area contributed by atoms with Crippen LogP contribution in [0.25, 0.3) is 0 Å². The van der Waals surface area contributed by atoms with E-state index < -0.39 is 0 Å². The fourth-order valence-electron chi connectivity index (χ4n) is 1.48. The van der Waals surface area contributed by atoms with Gasteiger partial charge in [-0.25, -0.2) is 0 Å². The van der Waals surface area contributed by atoms with Crippen molar-refractivity contribution in [2.24, 2.45) is 5.73 Å². The van der Waals surface area contributed by atoms with Crippen molar-refractivity contribution in [1.82, 2.24) is 0 Å². The zero-order valence-corrected chi connectivity index (χ0v) is 11.2. The maximum atomic E-state index is 6.11. The summed E-state index contributed by atoms with van der Waals surface area (Å²) in [6, 6.07) is 5.82. The van der Waals surface area contributed by atoms with Crippen LogP contribution in [0.15, 0.2) is 22.7 Å². The number of hydrogen-bond acceptors (Lipinski definition) is 2. The zero-order chi connectivity index (χ0) is 11.5. The second kappa shape index (κ2) is 5.30. The highest BCUT2D eigenvalue weighted by Crippen LogP contribution is 2.24. The van der Waals surface area contributed by atoms with E-state index in [1.54, 1.807) is 7.11 Å². The number of rotatable bonds is 4. The van der Waals surface area contributed by atoms with Crippen molar-refractivity contribution in [2.75, 3.05) is 13.7 Å². The molecule has 15 heavy (non-hydrogen) atoms. The number of ether oxygens (including phenoxy) is 1. The van der Waals surface area contributed by atoms with Gasteiger partial charge in [0.05, 0.1) is 6.61 Å². The lowest BCUT2D eigenvalue weighted by Gasteiger charge is -2.24. The summed E-state index contributed by atoms with van der Waals surface area (Å²) in [5, 5.41) is 0.733. The van der Waals surface area contributed by atoms with Crippen LogP contribution in [0.4, 0.5) is 0 Å². The standard InChI is InChI=1S/C11H15BrClNO/c1-11(14,7-15-2)6-8-3-4-9(12)5-10(8)13/h3-5H,6-7,14H2,1-2H3. The lowest BCUT2D eigenvalue weighted by Crippen LogP contribution is -2.43. The van der Waals surface area contributed by atoms with Gasteiger partial charge in [0.2, 0.25) is 0 Å². The van der Waals surface area contributed by atoms with Crippen LogP contribution in [-0.4, -0.2) is 19.3 Å². The Bertz CT molecular complexity index is 341. The number of nitrogens with two attached hydrogens (primary N) is 1. The molecule has 0 aliphatic carbocycles. The molecule has 1 atom stereocenters. The highest BCUT2D eigenvalue weighted by molar-refractivity contribution is 9.10. The first kappa shape index (κ1) is 13.0. The van der Waals surface area contributed by atoms with E-state index >= 15 is 0 Å². The predicted octanol–water partition coefficient (Wildman–Crippen LogP) is 3.01. The van der Waals surface area contributed by atoms with E-state index in [1.807, 2.05) is 25.1 Å². The molecule has 0 aliphatic rings. The maximum absolute atomic E-state index is 6.11. The topological polar surface area (TPSA) is 35.2 Å². The molecule has 0 saturated carbocycles. The van der Waals surface area contributed by atoms with Gasteiger partial charge in [0.1, 0.15) is 0 Å². The molecule has 0 radical (unpaired) electrons. The van der Waals surface area contributed by atoms with E-state index in [0.29, 0.717) is 13.0 Å². The largest absolute Gasteiger partial charge is 0.383 e. The molecule has 1 rings (SSSR count). The molecule has 0 heterocycles. The monoisotopic (exact) mass is 291 g/mol. The minimum atomic E-state index is -0.383. The summed E-state index contributed by atoms with van der Waals surface area (Å²) in [6.07, 6.45) is 0.701. The van der Waals surface area contributed by atoms with Crippen LogP contribution in [0.1, 0.15) is 12.5 Å². The first-order chi connectivity index (χ1) is 6.94. The van der Waals surface area contributed by atoms with Gasteiger partial charge in [-0.2, -0.15) is 0 Å². The molecule has 1 aromatic rings. The van der Waals surface area contributed by atoms with Crippen LogP contribution in [0.5, 0.6) is 0 Å². The van der Waals surface area contributed by atoms with Gasteiger partial charge in [-0.05, 0) is 31.0 Å². The van der Waals surface area contributed by atoms with Gasteiger partial charge in [0.25, 0.3) is 0 Å². The van der Waals surface area contributed by atoms with E-state index in [9.17, 15) is 0 Å². The van der Waals surface area contributed by atoms with Gasteiger partial charge in [-0.3, -0.25) is 0 Å². The Labute approximate surface area is 104 Å². The molecule has 4 heteroatoms. The van der Waals surface area contributed by atoms with E-state index in [0.717, 1.165) is 15.1 Å². The van der Waals surface area contributed by atoms with Crippen molar-refractivity contribution >= 4 is 27.5 Å². The third-order valence-electron chi connectivity index (χ3n) is 2.08. The Morgan fingerprint density at radius 3 is 2.73 bits per heavy atom. The molecular weight excluding hydrogens is 277 g/mol. The summed E-state index contributed by atoms with van der Waals surface area (Å²) >= 11 is 9.48. The quantitative estimate of drug-likeness (QED) is 0.926. The van der Waals surface area contributed by atoms with Crippen LogP contribution in [-0.2, 0) is 11.2 Å². The molecule has 0 aliphatic heterocycles.